The lowest BCUT2D eigenvalue weighted by molar-refractivity contribution is -0.144. The van der Waals surface area contributed by atoms with Crippen LogP contribution in [0.25, 0.3) is 0 Å². The Morgan fingerprint density at radius 3 is 2.46 bits per heavy atom. The van der Waals surface area contributed by atoms with E-state index >= 15 is 0 Å². The average Bonchev–Trinajstić information content (AvgIpc) is 2.98. The SMILES string of the molecule is CCOC1=N[C@]23CCCC[C@]12[C@H]1C=C[C@H]3[C@@H]2C(=O)N(c3ccccc3)C(=O)[C@H]21. The lowest BCUT2D eigenvalue weighted by Gasteiger charge is -2.69. The van der Waals surface area contributed by atoms with E-state index in [1.165, 1.54) is 4.90 Å². The maximum Gasteiger partial charge on any atom is 0.238 e. The van der Waals surface area contributed by atoms with E-state index < -0.39 is 0 Å². The minimum Gasteiger partial charge on any atom is -0.481 e. The molecule has 0 unspecified atom stereocenters. The number of anilines is 1. The molecule has 2 aliphatic heterocycles. The molecule has 5 nitrogen and oxygen atoms in total. The van der Waals surface area contributed by atoms with Crippen LogP contribution < -0.4 is 4.90 Å². The number of carbonyl (C=O) groups is 2. The Bertz CT molecular complexity index is 938. The van der Waals surface area contributed by atoms with E-state index in [1.54, 1.807) is 0 Å². The quantitative estimate of drug-likeness (QED) is 0.587. The number of allylic oxidation sites excluding steroid dienone is 1. The van der Waals surface area contributed by atoms with Crippen molar-refractivity contribution in [3.8, 4) is 0 Å². The summed E-state index contributed by atoms with van der Waals surface area (Å²) >= 11 is 0. The molecule has 7 rings (SSSR count). The molecule has 5 heteroatoms. The minimum absolute atomic E-state index is 0.00262. The molecule has 0 radical (unpaired) electrons. The number of rotatable bonds is 2. The average molecular weight is 376 g/mol. The van der Waals surface area contributed by atoms with Crippen LogP contribution in [0, 0.1) is 29.1 Å². The van der Waals surface area contributed by atoms with Gasteiger partial charge in [0.05, 0.1) is 35.1 Å². The molecule has 2 amide bonds. The molecule has 6 atom stereocenters. The smallest absolute Gasteiger partial charge is 0.238 e. The summed E-state index contributed by atoms with van der Waals surface area (Å²) in [6, 6.07) is 9.36. The van der Waals surface area contributed by atoms with Gasteiger partial charge in [-0.25, -0.2) is 4.99 Å². The van der Waals surface area contributed by atoms with Crippen LogP contribution in [0.3, 0.4) is 0 Å². The molecule has 4 aliphatic carbocycles. The molecule has 1 aromatic carbocycles. The molecule has 144 valence electrons. The Morgan fingerprint density at radius 2 is 1.71 bits per heavy atom. The van der Waals surface area contributed by atoms with E-state index in [-0.39, 0.29) is 46.4 Å². The van der Waals surface area contributed by atoms with Gasteiger partial charge in [-0.2, -0.15) is 0 Å². The normalized spacial score (nSPS) is 42.5. The molecule has 0 aromatic heterocycles. The van der Waals surface area contributed by atoms with Gasteiger partial charge in [-0.3, -0.25) is 14.5 Å². The van der Waals surface area contributed by atoms with Gasteiger partial charge in [-0.1, -0.05) is 43.2 Å². The van der Waals surface area contributed by atoms with Gasteiger partial charge in [-0.05, 0) is 31.9 Å². The number of ether oxygens (including phenoxy) is 1. The summed E-state index contributed by atoms with van der Waals surface area (Å²) in [5, 5.41) is 0. The highest BCUT2D eigenvalue weighted by molar-refractivity contribution is 6.23. The summed E-state index contributed by atoms with van der Waals surface area (Å²) in [5.41, 5.74) is 0.242. The second-order valence-corrected chi connectivity index (χ2v) is 8.79. The van der Waals surface area contributed by atoms with E-state index in [2.05, 4.69) is 12.2 Å². The highest BCUT2D eigenvalue weighted by atomic mass is 16.5. The van der Waals surface area contributed by atoms with Crippen molar-refractivity contribution in [2.24, 2.45) is 34.1 Å². The maximum atomic E-state index is 13.5. The molecular weight excluding hydrogens is 352 g/mol. The van der Waals surface area contributed by atoms with Crippen LogP contribution in [-0.2, 0) is 14.3 Å². The van der Waals surface area contributed by atoms with Crippen molar-refractivity contribution in [3.63, 3.8) is 0 Å². The first kappa shape index (κ1) is 16.5. The Hall–Kier alpha value is -2.43. The first-order chi connectivity index (χ1) is 13.7. The van der Waals surface area contributed by atoms with E-state index in [0.717, 1.165) is 31.6 Å². The van der Waals surface area contributed by atoms with Crippen molar-refractivity contribution in [2.45, 2.75) is 38.1 Å². The molecule has 0 spiro atoms. The van der Waals surface area contributed by atoms with E-state index in [9.17, 15) is 9.59 Å². The number of carbonyl (C=O) groups excluding carboxylic acids is 2. The van der Waals surface area contributed by atoms with Crippen LogP contribution in [0.4, 0.5) is 5.69 Å². The molecule has 1 aromatic rings. The van der Waals surface area contributed by atoms with Crippen molar-refractivity contribution in [1.29, 1.82) is 0 Å². The Kier molecular flexibility index (Phi) is 3.15. The summed E-state index contributed by atoms with van der Waals surface area (Å²) in [7, 11) is 0. The topological polar surface area (TPSA) is 59.0 Å². The predicted octanol–water partition coefficient (Wildman–Crippen LogP) is 3.36. The largest absolute Gasteiger partial charge is 0.481 e. The lowest BCUT2D eigenvalue weighted by atomic mass is 9.37. The zero-order valence-electron chi connectivity index (χ0n) is 16.0. The van der Waals surface area contributed by atoms with Crippen LogP contribution in [0.1, 0.15) is 32.6 Å². The van der Waals surface area contributed by atoms with Crippen molar-refractivity contribution in [1.82, 2.24) is 0 Å². The summed E-state index contributed by atoms with van der Waals surface area (Å²) in [4.78, 5) is 33.5. The minimum atomic E-state index is -0.292. The molecule has 3 fully saturated rings. The van der Waals surface area contributed by atoms with Crippen LogP contribution in [0.15, 0.2) is 47.5 Å². The van der Waals surface area contributed by atoms with Crippen LogP contribution >= 0.6 is 0 Å². The first-order valence-corrected chi connectivity index (χ1v) is 10.5. The van der Waals surface area contributed by atoms with Gasteiger partial charge >= 0.3 is 0 Å². The summed E-state index contributed by atoms with van der Waals surface area (Å²) in [6.45, 7) is 2.58. The summed E-state index contributed by atoms with van der Waals surface area (Å²) in [6.07, 6.45) is 8.67. The van der Waals surface area contributed by atoms with Crippen molar-refractivity contribution < 1.29 is 14.3 Å². The third kappa shape index (κ3) is 1.60. The zero-order chi connectivity index (χ0) is 19.1. The number of aliphatic imine (C=N–C) groups is 1. The monoisotopic (exact) mass is 376 g/mol. The van der Waals surface area contributed by atoms with Gasteiger partial charge < -0.3 is 4.74 Å². The molecule has 1 saturated heterocycles. The molecule has 6 aliphatic rings. The van der Waals surface area contributed by atoms with Gasteiger partial charge in [0.2, 0.25) is 11.8 Å². The Labute approximate surface area is 164 Å². The zero-order valence-corrected chi connectivity index (χ0v) is 16.0. The fourth-order valence-corrected chi connectivity index (χ4v) is 7.05. The second-order valence-electron chi connectivity index (χ2n) is 8.79. The number of imide groups is 1. The standard InChI is InChI=1S/C23H24N2O3/c1-2-28-21-22-12-6-7-13-23(22,24-21)16-11-10-15(22)17-18(16)20(27)25(19(17)26)14-8-4-3-5-9-14/h3-5,8-11,15-18H,2,6-7,12-13H2,1H3/t15-,16-,17-,18-,22-,23-/m0/s1. The lowest BCUT2D eigenvalue weighted by Crippen LogP contribution is -2.75. The maximum absolute atomic E-state index is 13.5. The van der Waals surface area contributed by atoms with Gasteiger partial charge in [0.1, 0.15) is 0 Å². The number of hydrogen-bond acceptors (Lipinski definition) is 4. The third-order valence-corrected chi connectivity index (χ3v) is 7.95. The number of benzene rings is 1. The van der Waals surface area contributed by atoms with Crippen molar-refractivity contribution in [3.05, 3.63) is 42.5 Å². The highest BCUT2D eigenvalue weighted by Crippen LogP contribution is 2.72. The predicted molar refractivity (Wildman–Crippen MR) is 105 cm³/mol. The summed E-state index contributed by atoms with van der Waals surface area (Å²) < 4.78 is 5.98. The van der Waals surface area contributed by atoms with Crippen molar-refractivity contribution in [2.75, 3.05) is 11.5 Å². The van der Waals surface area contributed by atoms with E-state index in [4.69, 9.17) is 9.73 Å². The molecule has 28 heavy (non-hydrogen) atoms. The molecule has 0 N–H and O–H groups in total. The number of nitrogens with zero attached hydrogens (tertiary/aromatic N) is 2. The fourth-order valence-electron chi connectivity index (χ4n) is 7.05. The Morgan fingerprint density at radius 1 is 1.04 bits per heavy atom. The van der Waals surface area contributed by atoms with Gasteiger partial charge in [0.15, 0.2) is 5.90 Å². The van der Waals surface area contributed by atoms with E-state index in [0.29, 0.717) is 12.3 Å². The highest BCUT2D eigenvalue weighted by Gasteiger charge is 2.79. The number of hydrogen-bond donors (Lipinski definition) is 0. The van der Waals surface area contributed by atoms with E-state index in [1.807, 2.05) is 37.3 Å². The van der Waals surface area contributed by atoms with Crippen molar-refractivity contribution >= 4 is 23.4 Å². The number of amides is 2. The van der Waals surface area contributed by atoms with Crippen LogP contribution in [0.2, 0.25) is 0 Å². The fraction of sp³-hybridized carbons (Fsp3) is 0.522. The molecule has 2 bridgehead atoms. The van der Waals surface area contributed by atoms with Gasteiger partial charge in [0, 0.05) is 11.8 Å². The third-order valence-electron chi connectivity index (χ3n) is 7.95. The molecular formula is C23H24N2O3. The van der Waals surface area contributed by atoms with Gasteiger partial charge in [0.25, 0.3) is 0 Å². The van der Waals surface area contributed by atoms with Crippen LogP contribution in [0.5, 0.6) is 0 Å². The second kappa shape index (κ2) is 5.34. The van der Waals surface area contributed by atoms with Crippen LogP contribution in [-0.4, -0.2) is 29.9 Å². The summed E-state index contributed by atoms with van der Waals surface area (Å²) in [5.74, 6) is 0.168. The molecule has 2 saturated carbocycles. The first-order valence-electron chi connectivity index (χ1n) is 10.5. The Balaban J connectivity index is 1.49. The molecule has 2 heterocycles. The van der Waals surface area contributed by atoms with Gasteiger partial charge in [-0.15, -0.1) is 0 Å². The number of para-hydroxylation sites is 1.